The third-order valence-electron chi connectivity index (χ3n) is 7.90. The highest BCUT2D eigenvalue weighted by molar-refractivity contribution is 5.81. The topological polar surface area (TPSA) is 46.5 Å². The standard InChI is InChI=1S/C23H32F2NO3.BrH/c1-26(2)19-8-9-20(26)13-16(12-19)15-29-21(27)23(28,17-6-4-3-5-7-17)18-10-11-22(24,25)14-18;/h3-7,16,18-20,28H,8-15H2,1-2H3;1H/q+1;/p-1/t16?,18-,19?,20?,23+;/m1./s1. The fraction of sp³-hybridized carbons (Fsp3) is 0.696. The summed E-state index contributed by atoms with van der Waals surface area (Å²) in [7, 11) is 4.55. The molecule has 0 spiro atoms. The molecule has 2 saturated heterocycles. The molecular weight excluding hydrogens is 456 g/mol. The number of aliphatic hydroxyl groups is 1. The van der Waals surface area contributed by atoms with Gasteiger partial charge in [0.2, 0.25) is 5.92 Å². The molecule has 2 unspecified atom stereocenters. The molecular formula is C23H32BrF2NO3. The molecule has 2 heterocycles. The number of carbonyl (C=O) groups excluding carboxylic acids is 1. The predicted octanol–water partition coefficient (Wildman–Crippen LogP) is 0.874. The molecule has 0 aromatic heterocycles. The van der Waals surface area contributed by atoms with Gasteiger partial charge in [0.05, 0.1) is 32.8 Å². The molecule has 2 aliphatic heterocycles. The van der Waals surface area contributed by atoms with Gasteiger partial charge in [-0.05, 0) is 12.0 Å². The number of carbonyl (C=O) groups is 1. The van der Waals surface area contributed by atoms with Gasteiger partial charge in [-0.2, -0.15) is 0 Å². The summed E-state index contributed by atoms with van der Waals surface area (Å²) in [5, 5.41) is 11.4. The molecule has 3 aliphatic rings. The summed E-state index contributed by atoms with van der Waals surface area (Å²) in [6.07, 6.45) is 3.71. The lowest BCUT2D eigenvalue weighted by Crippen LogP contribution is -3.00. The molecule has 2 bridgehead atoms. The summed E-state index contributed by atoms with van der Waals surface area (Å²) in [5.41, 5.74) is -1.68. The second-order valence-electron chi connectivity index (χ2n) is 9.88. The Bertz CT molecular complexity index is 744. The van der Waals surface area contributed by atoms with E-state index < -0.39 is 29.8 Å². The summed E-state index contributed by atoms with van der Waals surface area (Å²) in [5.74, 6) is -4.20. The molecule has 0 radical (unpaired) electrons. The Hall–Kier alpha value is -1.05. The minimum absolute atomic E-state index is 0. The summed E-state index contributed by atoms with van der Waals surface area (Å²) in [4.78, 5) is 13.1. The first-order chi connectivity index (χ1) is 13.6. The van der Waals surface area contributed by atoms with Crippen LogP contribution in [-0.4, -0.2) is 54.3 Å². The SMILES string of the molecule is C[N+]1(C)C2CCC1CC(COC(=O)[C@](O)(c1ccccc1)[C@@H]1CCC(F)(F)C1)C2.[Br-]. The first-order valence-electron chi connectivity index (χ1n) is 10.8. The van der Waals surface area contributed by atoms with Crippen molar-refractivity contribution < 1.29 is 44.9 Å². The molecule has 4 rings (SSSR count). The predicted molar refractivity (Wildman–Crippen MR) is 105 cm³/mol. The van der Waals surface area contributed by atoms with Crippen LogP contribution in [0.25, 0.3) is 0 Å². The summed E-state index contributed by atoms with van der Waals surface area (Å²) in [6, 6.07) is 9.60. The number of benzene rings is 1. The lowest BCUT2D eigenvalue weighted by Gasteiger charge is -2.44. The molecule has 168 valence electrons. The van der Waals surface area contributed by atoms with Gasteiger partial charge in [0.25, 0.3) is 0 Å². The van der Waals surface area contributed by atoms with Crippen molar-refractivity contribution in [3.63, 3.8) is 0 Å². The van der Waals surface area contributed by atoms with Crippen molar-refractivity contribution in [2.45, 2.75) is 68.6 Å². The zero-order valence-corrected chi connectivity index (χ0v) is 19.3. The molecule has 30 heavy (non-hydrogen) atoms. The maximum atomic E-state index is 13.9. The number of alkyl halides is 2. The molecule has 1 aromatic rings. The number of nitrogens with zero attached hydrogens (tertiary/aromatic N) is 1. The first kappa shape index (κ1) is 23.6. The van der Waals surface area contributed by atoms with Crippen LogP contribution in [-0.2, 0) is 15.1 Å². The Morgan fingerprint density at radius 1 is 1.17 bits per heavy atom. The Balaban J connectivity index is 0.00000256. The molecule has 1 saturated carbocycles. The highest BCUT2D eigenvalue weighted by Gasteiger charge is 2.55. The van der Waals surface area contributed by atoms with Crippen molar-refractivity contribution in [2.75, 3.05) is 20.7 Å². The number of fused-ring (bicyclic) bond motifs is 2. The monoisotopic (exact) mass is 487 g/mol. The van der Waals surface area contributed by atoms with E-state index in [0.29, 0.717) is 17.6 Å². The number of halogens is 3. The summed E-state index contributed by atoms with van der Waals surface area (Å²) < 4.78 is 34.4. The van der Waals surface area contributed by atoms with Crippen LogP contribution in [0.1, 0.15) is 50.5 Å². The molecule has 0 amide bonds. The van der Waals surface area contributed by atoms with Gasteiger partial charge < -0.3 is 31.3 Å². The van der Waals surface area contributed by atoms with Crippen LogP contribution in [0, 0.1) is 11.8 Å². The minimum Gasteiger partial charge on any atom is -1.00 e. The van der Waals surface area contributed by atoms with Crippen LogP contribution in [0.15, 0.2) is 30.3 Å². The van der Waals surface area contributed by atoms with Crippen molar-refractivity contribution in [3.05, 3.63) is 35.9 Å². The first-order valence-corrected chi connectivity index (χ1v) is 10.8. The average Bonchev–Trinajstić information content (AvgIpc) is 3.08. The van der Waals surface area contributed by atoms with E-state index in [1.807, 2.05) is 0 Å². The van der Waals surface area contributed by atoms with E-state index in [1.54, 1.807) is 30.3 Å². The number of quaternary nitrogens is 1. The van der Waals surface area contributed by atoms with Gasteiger partial charge in [-0.25, -0.2) is 13.6 Å². The Morgan fingerprint density at radius 2 is 1.77 bits per heavy atom. The Kier molecular flexibility index (Phi) is 6.67. The third-order valence-corrected chi connectivity index (χ3v) is 7.90. The van der Waals surface area contributed by atoms with Gasteiger partial charge in [-0.15, -0.1) is 0 Å². The minimum atomic E-state index is -2.85. The number of ether oxygens (including phenoxy) is 1. The fourth-order valence-electron chi connectivity index (χ4n) is 5.95. The van der Waals surface area contributed by atoms with Gasteiger partial charge >= 0.3 is 5.97 Å². The van der Waals surface area contributed by atoms with Gasteiger partial charge in [0.1, 0.15) is 0 Å². The number of rotatable bonds is 5. The van der Waals surface area contributed by atoms with E-state index in [2.05, 4.69) is 14.1 Å². The van der Waals surface area contributed by atoms with Gasteiger partial charge in [-0.3, -0.25) is 0 Å². The van der Waals surface area contributed by atoms with Crippen LogP contribution in [0.2, 0.25) is 0 Å². The number of hydrogen-bond donors (Lipinski definition) is 1. The van der Waals surface area contributed by atoms with Gasteiger partial charge in [0, 0.05) is 50.4 Å². The van der Waals surface area contributed by atoms with Crippen molar-refractivity contribution >= 4 is 5.97 Å². The van der Waals surface area contributed by atoms with Crippen LogP contribution in [0.3, 0.4) is 0 Å². The summed E-state index contributed by atoms with van der Waals surface area (Å²) >= 11 is 0. The molecule has 1 aromatic carbocycles. The quantitative estimate of drug-likeness (QED) is 0.495. The Labute approximate surface area is 188 Å². The fourth-order valence-corrected chi connectivity index (χ4v) is 5.95. The lowest BCUT2D eigenvalue weighted by molar-refractivity contribution is -0.931. The second kappa shape index (κ2) is 8.47. The number of hydrogen-bond acceptors (Lipinski definition) is 3. The third kappa shape index (κ3) is 4.17. The largest absolute Gasteiger partial charge is 1.00 e. The smallest absolute Gasteiger partial charge is 0.343 e. The maximum absolute atomic E-state index is 13.9. The number of piperidine rings is 1. The van der Waals surface area contributed by atoms with Crippen molar-refractivity contribution in [3.8, 4) is 0 Å². The van der Waals surface area contributed by atoms with Crippen molar-refractivity contribution in [1.82, 2.24) is 0 Å². The second-order valence-corrected chi connectivity index (χ2v) is 9.88. The van der Waals surface area contributed by atoms with Crippen molar-refractivity contribution in [1.29, 1.82) is 0 Å². The molecule has 3 fully saturated rings. The van der Waals surface area contributed by atoms with Crippen molar-refractivity contribution in [2.24, 2.45) is 11.8 Å². The van der Waals surface area contributed by atoms with Crippen LogP contribution < -0.4 is 17.0 Å². The zero-order valence-electron chi connectivity index (χ0n) is 17.7. The van der Waals surface area contributed by atoms with E-state index in [0.717, 1.165) is 17.3 Å². The molecule has 7 heteroatoms. The molecule has 1 aliphatic carbocycles. The highest BCUT2D eigenvalue weighted by Crippen LogP contribution is 2.48. The molecule has 4 atom stereocenters. The van der Waals surface area contributed by atoms with E-state index >= 15 is 0 Å². The zero-order chi connectivity index (χ0) is 20.9. The average molecular weight is 488 g/mol. The van der Waals surface area contributed by atoms with Gasteiger partial charge in [0.15, 0.2) is 5.60 Å². The van der Waals surface area contributed by atoms with Crippen LogP contribution in [0.4, 0.5) is 8.78 Å². The van der Waals surface area contributed by atoms with Crippen LogP contribution >= 0.6 is 0 Å². The molecule has 1 N–H and O–H groups in total. The molecule has 4 nitrogen and oxygen atoms in total. The van der Waals surface area contributed by atoms with E-state index in [-0.39, 0.29) is 42.3 Å². The summed E-state index contributed by atoms with van der Waals surface area (Å²) in [6.45, 7) is 0.254. The lowest BCUT2D eigenvalue weighted by atomic mass is 9.80. The Morgan fingerprint density at radius 3 is 2.30 bits per heavy atom. The van der Waals surface area contributed by atoms with Crippen LogP contribution in [0.5, 0.6) is 0 Å². The maximum Gasteiger partial charge on any atom is 0.343 e. The van der Waals surface area contributed by atoms with Gasteiger partial charge in [-0.1, -0.05) is 30.3 Å². The normalized spacial score (nSPS) is 33.4. The number of esters is 1. The van der Waals surface area contributed by atoms with E-state index in [1.165, 1.54) is 12.8 Å². The highest BCUT2D eigenvalue weighted by atomic mass is 79.9. The van der Waals surface area contributed by atoms with E-state index in [9.17, 15) is 18.7 Å². The van der Waals surface area contributed by atoms with E-state index in [4.69, 9.17) is 4.74 Å².